The summed E-state index contributed by atoms with van der Waals surface area (Å²) in [6.45, 7) is 1.57. The van der Waals surface area contributed by atoms with E-state index in [-0.39, 0.29) is 34.2 Å². The van der Waals surface area contributed by atoms with Crippen molar-refractivity contribution in [3.63, 3.8) is 0 Å². The van der Waals surface area contributed by atoms with Crippen LogP contribution in [0.4, 0.5) is 0 Å². The minimum atomic E-state index is -0.582. The highest BCUT2D eigenvalue weighted by Crippen LogP contribution is 2.39. The summed E-state index contributed by atoms with van der Waals surface area (Å²) >= 11 is 6.00. The van der Waals surface area contributed by atoms with Gasteiger partial charge in [0.25, 0.3) is 0 Å². The second kappa shape index (κ2) is 5.87. The SMILES string of the molecule is COC(=O)c1cc(Cl)c(ONC2CC(O)C2)c(O)c1C. The zero-order valence-corrected chi connectivity index (χ0v) is 11.9. The van der Waals surface area contributed by atoms with Crippen LogP contribution in [0.3, 0.4) is 0 Å². The quantitative estimate of drug-likeness (QED) is 0.578. The molecule has 1 saturated carbocycles. The lowest BCUT2D eigenvalue weighted by molar-refractivity contribution is 0.0115. The minimum Gasteiger partial charge on any atom is -0.504 e. The second-order valence-corrected chi connectivity index (χ2v) is 5.15. The summed E-state index contributed by atoms with van der Waals surface area (Å²) < 4.78 is 4.61. The van der Waals surface area contributed by atoms with Crippen molar-refractivity contribution in [2.24, 2.45) is 0 Å². The topological polar surface area (TPSA) is 88.0 Å². The normalized spacial score (nSPS) is 21.2. The number of hydrogen-bond donors (Lipinski definition) is 3. The van der Waals surface area contributed by atoms with Gasteiger partial charge in [0, 0.05) is 11.6 Å². The number of carbonyl (C=O) groups excluding carboxylic acids is 1. The smallest absolute Gasteiger partial charge is 0.338 e. The van der Waals surface area contributed by atoms with Crippen molar-refractivity contribution in [3.05, 3.63) is 22.2 Å². The molecule has 7 heteroatoms. The van der Waals surface area contributed by atoms with Crippen molar-refractivity contribution in [2.75, 3.05) is 7.11 Å². The first kappa shape index (κ1) is 14.9. The third-order valence-corrected chi connectivity index (χ3v) is 3.59. The highest BCUT2D eigenvalue weighted by molar-refractivity contribution is 6.32. The molecule has 20 heavy (non-hydrogen) atoms. The summed E-state index contributed by atoms with van der Waals surface area (Å²) in [5.41, 5.74) is 3.22. The van der Waals surface area contributed by atoms with E-state index in [9.17, 15) is 15.0 Å². The van der Waals surface area contributed by atoms with Gasteiger partial charge < -0.3 is 19.8 Å². The molecule has 3 N–H and O–H groups in total. The molecule has 0 amide bonds. The average molecular weight is 302 g/mol. The summed E-state index contributed by atoms with van der Waals surface area (Å²) in [5, 5.41) is 19.3. The molecule has 1 aromatic carbocycles. The molecule has 0 saturated heterocycles. The number of halogens is 1. The monoisotopic (exact) mass is 301 g/mol. The molecule has 0 aromatic heterocycles. The van der Waals surface area contributed by atoms with Crippen molar-refractivity contribution in [1.82, 2.24) is 5.48 Å². The average Bonchev–Trinajstić information content (AvgIpc) is 2.39. The maximum absolute atomic E-state index is 11.5. The Labute approximate surface area is 121 Å². The van der Waals surface area contributed by atoms with E-state index < -0.39 is 5.97 Å². The number of phenols is 1. The number of rotatable bonds is 4. The fourth-order valence-electron chi connectivity index (χ4n) is 1.96. The van der Waals surface area contributed by atoms with Gasteiger partial charge in [0.1, 0.15) is 0 Å². The molecule has 1 aromatic rings. The van der Waals surface area contributed by atoms with E-state index in [1.165, 1.54) is 13.2 Å². The lowest BCUT2D eigenvalue weighted by Gasteiger charge is -2.31. The van der Waals surface area contributed by atoms with Gasteiger partial charge in [-0.05, 0) is 25.8 Å². The Hall–Kier alpha value is -1.50. The van der Waals surface area contributed by atoms with Gasteiger partial charge in [-0.15, -0.1) is 0 Å². The van der Waals surface area contributed by atoms with Crippen molar-refractivity contribution < 1.29 is 24.6 Å². The molecular weight excluding hydrogens is 286 g/mol. The molecule has 2 rings (SSSR count). The van der Waals surface area contributed by atoms with E-state index in [0.717, 1.165) is 0 Å². The molecule has 0 aliphatic heterocycles. The summed E-state index contributed by atoms with van der Waals surface area (Å²) in [4.78, 5) is 16.8. The first-order valence-electron chi connectivity index (χ1n) is 6.14. The summed E-state index contributed by atoms with van der Waals surface area (Å²) in [6.07, 6.45) is 0.846. The van der Waals surface area contributed by atoms with Crippen molar-refractivity contribution in [3.8, 4) is 11.5 Å². The zero-order chi connectivity index (χ0) is 14.9. The highest BCUT2D eigenvalue weighted by Gasteiger charge is 2.28. The molecule has 0 radical (unpaired) electrons. The van der Waals surface area contributed by atoms with E-state index in [2.05, 4.69) is 10.2 Å². The first-order chi connectivity index (χ1) is 9.43. The number of carbonyl (C=O) groups is 1. The van der Waals surface area contributed by atoms with Crippen molar-refractivity contribution in [1.29, 1.82) is 0 Å². The summed E-state index contributed by atoms with van der Waals surface area (Å²) in [7, 11) is 1.25. The number of aliphatic hydroxyl groups is 1. The summed E-state index contributed by atoms with van der Waals surface area (Å²) in [6, 6.07) is 1.40. The van der Waals surface area contributed by atoms with Gasteiger partial charge in [-0.1, -0.05) is 11.6 Å². The van der Waals surface area contributed by atoms with Gasteiger partial charge in [-0.25, -0.2) is 4.79 Å². The van der Waals surface area contributed by atoms with Crippen LogP contribution < -0.4 is 10.3 Å². The van der Waals surface area contributed by atoms with Crippen LogP contribution >= 0.6 is 11.6 Å². The number of aromatic hydroxyl groups is 1. The van der Waals surface area contributed by atoms with Gasteiger partial charge in [-0.3, -0.25) is 0 Å². The van der Waals surface area contributed by atoms with Crippen LogP contribution in [-0.4, -0.2) is 35.4 Å². The van der Waals surface area contributed by atoms with E-state index in [4.69, 9.17) is 16.4 Å². The molecule has 110 valence electrons. The van der Waals surface area contributed by atoms with Crippen LogP contribution in [0, 0.1) is 6.92 Å². The number of esters is 1. The molecular formula is C13H16ClNO5. The van der Waals surface area contributed by atoms with Gasteiger partial charge in [-0.2, -0.15) is 5.48 Å². The third kappa shape index (κ3) is 2.82. The highest BCUT2D eigenvalue weighted by atomic mass is 35.5. The van der Waals surface area contributed by atoms with Gasteiger partial charge in [0.15, 0.2) is 5.75 Å². The lowest BCUT2D eigenvalue weighted by Crippen LogP contribution is -2.45. The van der Waals surface area contributed by atoms with E-state index in [1.54, 1.807) is 6.92 Å². The van der Waals surface area contributed by atoms with Gasteiger partial charge in [0.2, 0.25) is 5.75 Å². The van der Waals surface area contributed by atoms with Crippen LogP contribution in [-0.2, 0) is 4.74 Å². The van der Waals surface area contributed by atoms with Crippen LogP contribution in [0.15, 0.2) is 6.07 Å². The Bertz CT molecular complexity index is 528. The predicted molar refractivity (Wildman–Crippen MR) is 72.0 cm³/mol. The van der Waals surface area contributed by atoms with Crippen molar-refractivity contribution in [2.45, 2.75) is 31.9 Å². The Kier molecular flexibility index (Phi) is 4.37. The molecule has 6 nitrogen and oxygen atoms in total. The maximum Gasteiger partial charge on any atom is 0.338 e. The van der Waals surface area contributed by atoms with Crippen LogP contribution in [0.25, 0.3) is 0 Å². The van der Waals surface area contributed by atoms with Crippen molar-refractivity contribution >= 4 is 17.6 Å². The first-order valence-corrected chi connectivity index (χ1v) is 6.52. The second-order valence-electron chi connectivity index (χ2n) is 4.74. The zero-order valence-electron chi connectivity index (χ0n) is 11.1. The molecule has 0 heterocycles. The number of benzene rings is 1. The number of ether oxygens (including phenoxy) is 1. The van der Waals surface area contributed by atoms with Crippen LogP contribution in [0.5, 0.6) is 11.5 Å². The van der Waals surface area contributed by atoms with Crippen LogP contribution in [0.2, 0.25) is 5.02 Å². The van der Waals surface area contributed by atoms with Gasteiger partial charge in [0.05, 0.1) is 23.8 Å². The van der Waals surface area contributed by atoms with E-state index in [0.29, 0.717) is 18.4 Å². The lowest BCUT2D eigenvalue weighted by atomic mass is 9.90. The molecule has 0 unspecified atom stereocenters. The predicted octanol–water partition coefficient (Wildman–Crippen LogP) is 1.55. The fourth-order valence-corrected chi connectivity index (χ4v) is 2.19. The largest absolute Gasteiger partial charge is 0.504 e. The summed E-state index contributed by atoms with van der Waals surface area (Å²) in [5.74, 6) is -0.746. The number of aliphatic hydroxyl groups excluding tert-OH is 1. The number of nitrogens with one attached hydrogen (secondary N) is 1. The molecule has 1 fully saturated rings. The number of hydrogen-bond acceptors (Lipinski definition) is 6. The number of methoxy groups -OCH3 is 1. The Morgan fingerprint density at radius 3 is 2.70 bits per heavy atom. The number of hydroxylamine groups is 1. The Balaban J connectivity index is 2.17. The van der Waals surface area contributed by atoms with E-state index in [1.807, 2.05) is 0 Å². The standard InChI is InChI=1S/C13H16ClNO5/c1-6-9(13(18)19-2)5-10(14)12(11(6)17)20-15-7-3-8(16)4-7/h5,7-8,15-17H,3-4H2,1-2H3. The number of phenolic OH excluding ortho intramolecular Hbond substituents is 1. The third-order valence-electron chi connectivity index (χ3n) is 3.31. The molecule has 0 bridgehead atoms. The molecule has 1 aliphatic carbocycles. The maximum atomic E-state index is 11.5. The Morgan fingerprint density at radius 1 is 1.50 bits per heavy atom. The van der Waals surface area contributed by atoms with Gasteiger partial charge >= 0.3 is 5.97 Å². The molecule has 1 aliphatic rings. The Morgan fingerprint density at radius 2 is 2.15 bits per heavy atom. The molecule has 0 spiro atoms. The van der Waals surface area contributed by atoms with E-state index >= 15 is 0 Å². The molecule has 0 atom stereocenters. The van der Waals surface area contributed by atoms with Crippen LogP contribution in [0.1, 0.15) is 28.8 Å². The minimum absolute atomic E-state index is 0.0149. The fraction of sp³-hybridized carbons (Fsp3) is 0.462.